The van der Waals surface area contributed by atoms with E-state index in [0.29, 0.717) is 17.9 Å². The first kappa shape index (κ1) is 13.0. The first-order valence-electron chi connectivity index (χ1n) is 4.91. The second kappa shape index (κ2) is 5.86. The third-order valence-corrected chi connectivity index (χ3v) is 2.36. The summed E-state index contributed by atoms with van der Waals surface area (Å²) in [4.78, 5) is 11.5. The van der Waals surface area contributed by atoms with Gasteiger partial charge < -0.3 is 15.8 Å². The van der Waals surface area contributed by atoms with Crippen molar-refractivity contribution in [3.8, 4) is 5.75 Å². The summed E-state index contributed by atoms with van der Waals surface area (Å²) in [6, 6.07) is 5.24. The van der Waals surface area contributed by atoms with Crippen molar-refractivity contribution in [1.29, 1.82) is 0 Å². The largest absolute Gasteiger partial charge is 0.497 e. The Morgan fingerprint density at radius 3 is 2.81 bits per heavy atom. The molecule has 3 N–H and O–H groups in total. The molecule has 16 heavy (non-hydrogen) atoms. The zero-order valence-corrected chi connectivity index (χ0v) is 10.9. The summed E-state index contributed by atoms with van der Waals surface area (Å²) >= 11 is 3.34. The fraction of sp³-hybridized carbons (Fsp3) is 0.364. The van der Waals surface area contributed by atoms with Crippen molar-refractivity contribution in [2.75, 3.05) is 12.4 Å². The lowest BCUT2D eigenvalue weighted by Crippen LogP contribution is -2.23. The van der Waals surface area contributed by atoms with Crippen LogP contribution in [-0.2, 0) is 4.79 Å². The van der Waals surface area contributed by atoms with Crippen LogP contribution in [0.15, 0.2) is 22.7 Å². The molecule has 0 heterocycles. The van der Waals surface area contributed by atoms with Crippen molar-refractivity contribution >= 4 is 27.5 Å². The summed E-state index contributed by atoms with van der Waals surface area (Å²) in [6.07, 6.45) is 0.300. The van der Waals surface area contributed by atoms with Crippen LogP contribution in [0.1, 0.15) is 13.3 Å². The summed E-state index contributed by atoms with van der Waals surface area (Å²) in [5, 5.41) is 2.76. The maximum absolute atomic E-state index is 11.5. The molecule has 0 aliphatic carbocycles. The maximum Gasteiger partial charge on any atom is 0.225 e. The van der Waals surface area contributed by atoms with E-state index in [9.17, 15) is 4.79 Å². The molecule has 5 heteroatoms. The van der Waals surface area contributed by atoms with Crippen molar-refractivity contribution in [2.45, 2.75) is 19.4 Å². The Labute approximate surface area is 103 Å². The van der Waals surface area contributed by atoms with Crippen molar-refractivity contribution in [1.82, 2.24) is 0 Å². The summed E-state index contributed by atoms with van der Waals surface area (Å²) in [6.45, 7) is 1.79. The molecule has 0 spiro atoms. The third kappa shape index (κ3) is 4.20. The van der Waals surface area contributed by atoms with Crippen LogP contribution in [0.2, 0.25) is 0 Å². The number of halogens is 1. The summed E-state index contributed by atoms with van der Waals surface area (Å²) < 4.78 is 5.94. The van der Waals surface area contributed by atoms with Gasteiger partial charge >= 0.3 is 0 Å². The van der Waals surface area contributed by atoms with Gasteiger partial charge in [-0.2, -0.15) is 0 Å². The number of hydrogen-bond acceptors (Lipinski definition) is 3. The van der Waals surface area contributed by atoms with Crippen molar-refractivity contribution in [2.24, 2.45) is 5.73 Å². The fourth-order valence-electron chi connectivity index (χ4n) is 1.26. The molecule has 1 amide bonds. The van der Waals surface area contributed by atoms with Gasteiger partial charge in [0.1, 0.15) is 5.75 Å². The van der Waals surface area contributed by atoms with Crippen LogP contribution >= 0.6 is 15.9 Å². The van der Waals surface area contributed by atoms with Gasteiger partial charge in [-0.15, -0.1) is 0 Å². The van der Waals surface area contributed by atoms with Crippen LogP contribution in [0, 0.1) is 0 Å². The van der Waals surface area contributed by atoms with Crippen molar-refractivity contribution < 1.29 is 9.53 Å². The quantitative estimate of drug-likeness (QED) is 0.891. The van der Waals surface area contributed by atoms with Gasteiger partial charge in [-0.25, -0.2) is 0 Å². The minimum atomic E-state index is -0.144. The second-order valence-electron chi connectivity index (χ2n) is 3.61. The Kier molecular flexibility index (Phi) is 4.76. The topological polar surface area (TPSA) is 64.3 Å². The van der Waals surface area contributed by atoms with E-state index < -0.39 is 0 Å². The lowest BCUT2D eigenvalue weighted by atomic mass is 10.2. The minimum absolute atomic E-state index is 0.102. The molecule has 4 nitrogen and oxygen atoms in total. The number of carbonyl (C=O) groups excluding carboxylic acids is 1. The molecular formula is C11H15BrN2O2. The molecule has 0 aliphatic heterocycles. The molecule has 0 saturated heterocycles. The molecule has 0 saturated carbocycles. The van der Waals surface area contributed by atoms with Gasteiger partial charge in [-0.05, 0) is 19.1 Å². The third-order valence-electron chi connectivity index (χ3n) is 1.90. The normalized spacial score (nSPS) is 12.0. The molecule has 1 unspecified atom stereocenters. The monoisotopic (exact) mass is 286 g/mol. The van der Waals surface area contributed by atoms with E-state index in [2.05, 4.69) is 21.2 Å². The smallest absolute Gasteiger partial charge is 0.225 e. The van der Waals surface area contributed by atoms with E-state index in [4.69, 9.17) is 10.5 Å². The number of hydrogen-bond donors (Lipinski definition) is 2. The van der Waals surface area contributed by atoms with Crippen molar-refractivity contribution in [3.05, 3.63) is 22.7 Å². The molecule has 1 rings (SSSR count). The number of rotatable bonds is 4. The Morgan fingerprint density at radius 1 is 1.56 bits per heavy atom. The second-order valence-corrected chi connectivity index (χ2v) is 4.52. The first-order valence-corrected chi connectivity index (χ1v) is 5.70. The number of nitrogens with two attached hydrogens (primary N) is 1. The molecule has 88 valence electrons. The van der Waals surface area contributed by atoms with Crippen LogP contribution in [0.25, 0.3) is 0 Å². The van der Waals surface area contributed by atoms with Gasteiger partial charge in [0.15, 0.2) is 0 Å². The molecule has 1 atom stereocenters. The minimum Gasteiger partial charge on any atom is -0.497 e. The average molecular weight is 287 g/mol. The van der Waals surface area contributed by atoms with E-state index in [1.165, 1.54) is 0 Å². The summed E-state index contributed by atoms with van der Waals surface area (Å²) in [7, 11) is 1.58. The van der Waals surface area contributed by atoms with Gasteiger partial charge in [0.05, 0.1) is 7.11 Å². The average Bonchev–Trinajstić information content (AvgIpc) is 2.14. The lowest BCUT2D eigenvalue weighted by Gasteiger charge is -2.09. The van der Waals surface area contributed by atoms with E-state index in [1.807, 2.05) is 12.1 Å². The zero-order valence-electron chi connectivity index (χ0n) is 9.29. The highest BCUT2D eigenvalue weighted by Crippen LogP contribution is 2.24. The van der Waals surface area contributed by atoms with Crippen LogP contribution in [-0.4, -0.2) is 19.1 Å². The van der Waals surface area contributed by atoms with Gasteiger partial charge in [-0.3, -0.25) is 4.79 Å². The molecular weight excluding hydrogens is 272 g/mol. The van der Waals surface area contributed by atoms with E-state index in [1.54, 1.807) is 20.1 Å². The fourth-order valence-corrected chi connectivity index (χ4v) is 1.73. The highest BCUT2D eigenvalue weighted by Gasteiger charge is 2.06. The number of amides is 1. The zero-order chi connectivity index (χ0) is 12.1. The van der Waals surface area contributed by atoms with E-state index in [-0.39, 0.29) is 11.9 Å². The van der Waals surface area contributed by atoms with E-state index in [0.717, 1.165) is 4.47 Å². The van der Waals surface area contributed by atoms with Crippen LogP contribution in [0.5, 0.6) is 5.75 Å². The number of anilines is 1. The number of carbonyl (C=O) groups is 1. The molecule has 0 bridgehead atoms. The van der Waals surface area contributed by atoms with E-state index >= 15 is 0 Å². The predicted molar refractivity (Wildman–Crippen MR) is 67.6 cm³/mol. The summed E-state index contributed by atoms with van der Waals surface area (Å²) in [5.41, 5.74) is 6.23. The predicted octanol–water partition coefficient (Wildman–Crippen LogP) is 2.13. The van der Waals surface area contributed by atoms with Crippen molar-refractivity contribution in [3.63, 3.8) is 0 Å². The Morgan fingerprint density at radius 2 is 2.25 bits per heavy atom. The van der Waals surface area contributed by atoms with Gasteiger partial charge in [0.25, 0.3) is 0 Å². The van der Waals surface area contributed by atoms with Crippen LogP contribution in [0.4, 0.5) is 5.69 Å². The number of ether oxygens (including phenoxy) is 1. The highest BCUT2D eigenvalue weighted by molar-refractivity contribution is 9.10. The SMILES string of the molecule is COc1cc(Br)cc(NC(=O)CC(C)N)c1. The summed E-state index contributed by atoms with van der Waals surface area (Å²) in [5.74, 6) is 0.584. The molecule has 0 aliphatic rings. The molecule has 0 radical (unpaired) electrons. The molecule has 0 fully saturated rings. The molecule has 1 aromatic rings. The Hall–Kier alpha value is -1.07. The lowest BCUT2D eigenvalue weighted by molar-refractivity contribution is -0.116. The number of methoxy groups -OCH3 is 1. The van der Waals surface area contributed by atoms with Gasteiger partial charge in [0, 0.05) is 28.7 Å². The first-order chi connectivity index (χ1) is 7.51. The highest BCUT2D eigenvalue weighted by atomic mass is 79.9. The Balaban J connectivity index is 2.73. The van der Waals surface area contributed by atoms with Gasteiger partial charge in [0.2, 0.25) is 5.91 Å². The number of nitrogens with one attached hydrogen (secondary N) is 1. The standard InChI is InChI=1S/C11H15BrN2O2/c1-7(13)3-11(15)14-9-4-8(12)5-10(6-9)16-2/h4-7H,3,13H2,1-2H3,(H,14,15). The molecule has 1 aromatic carbocycles. The van der Waals surface area contributed by atoms with Gasteiger partial charge in [-0.1, -0.05) is 15.9 Å². The number of benzene rings is 1. The van der Waals surface area contributed by atoms with Crippen LogP contribution < -0.4 is 15.8 Å². The maximum atomic E-state index is 11.5. The molecule has 0 aromatic heterocycles. The Bertz CT molecular complexity index is 380. The van der Waals surface area contributed by atoms with Crippen LogP contribution in [0.3, 0.4) is 0 Å².